The maximum Gasteiger partial charge on any atom is 0.274 e. The van der Waals surface area contributed by atoms with Crippen LogP contribution in [0.25, 0.3) is 5.65 Å². The SMILES string of the molecule is O=C(c1cc2ncccn2n1)N1CCN2[C@@H](COC[C@@H]2c2ccccc2)C1. The lowest BCUT2D eigenvalue weighted by Crippen LogP contribution is -2.60. The highest BCUT2D eigenvalue weighted by atomic mass is 16.5. The van der Waals surface area contributed by atoms with Gasteiger partial charge in [-0.1, -0.05) is 30.3 Å². The van der Waals surface area contributed by atoms with Crippen LogP contribution in [0, 0.1) is 0 Å². The second kappa shape index (κ2) is 6.75. The molecule has 0 bridgehead atoms. The van der Waals surface area contributed by atoms with Gasteiger partial charge >= 0.3 is 0 Å². The molecular weight excluding hydrogens is 342 g/mol. The smallest absolute Gasteiger partial charge is 0.274 e. The molecule has 2 fully saturated rings. The molecule has 0 saturated carbocycles. The van der Waals surface area contributed by atoms with Gasteiger partial charge in [0.2, 0.25) is 0 Å². The van der Waals surface area contributed by atoms with E-state index in [-0.39, 0.29) is 18.0 Å². The van der Waals surface area contributed by atoms with Crippen LogP contribution < -0.4 is 0 Å². The van der Waals surface area contributed by atoms with Gasteiger partial charge in [-0.15, -0.1) is 0 Å². The molecule has 0 spiro atoms. The summed E-state index contributed by atoms with van der Waals surface area (Å²) in [7, 11) is 0. The minimum atomic E-state index is -0.0398. The lowest BCUT2D eigenvalue weighted by atomic mass is 10.00. The summed E-state index contributed by atoms with van der Waals surface area (Å²) in [6, 6.07) is 14.5. The molecule has 2 atom stereocenters. The number of amides is 1. The van der Waals surface area contributed by atoms with Gasteiger partial charge in [-0.25, -0.2) is 9.50 Å². The third kappa shape index (κ3) is 2.98. The molecule has 3 aromatic rings. The molecular formula is C20H21N5O2. The molecule has 2 aromatic heterocycles. The number of carbonyl (C=O) groups excluding carboxylic acids is 1. The maximum absolute atomic E-state index is 13.0. The van der Waals surface area contributed by atoms with E-state index < -0.39 is 0 Å². The quantitative estimate of drug-likeness (QED) is 0.692. The van der Waals surface area contributed by atoms with Gasteiger partial charge in [0.25, 0.3) is 5.91 Å². The minimum absolute atomic E-state index is 0.0398. The van der Waals surface area contributed by atoms with Crippen LogP contribution in [0.3, 0.4) is 0 Å². The van der Waals surface area contributed by atoms with Crippen molar-refractivity contribution in [1.82, 2.24) is 24.4 Å². The molecule has 7 heteroatoms. The van der Waals surface area contributed by atoms with Gasteiger partial charge in [0.05, 0.1) is 25.3 Å². The Bertz CT molecular complexity index is 924. The summed E-state index contributed by atoms with van der Waals surface area (Å²) in [6.07, 6.45) is 3.50. The average molecular weight is 363 g/mol. The summed E-state index contributed by atoms with van der Waals surface area (Å²) >= 11 is 0. The van der Waals surface area contributed by atoms with E-state index in [2.05, 4.69) is 39.2 Å². The van der Waals surface area contributed by atoms with E-state index in [0.29, 0.717) is 37.6 Å². The van der Waals surface area contributed by atoms with Crippen LogP contribution in [-0.4, -0.2) is 69.2 Å². The largest absolute Gasteiger partial charge is 0.378 e. The summed E-state index contributed by atoms with van der Waals surface area (Å²) in [4.78, 5) is 21.6. The van der Waals surface area contributed by atoms with E-state index >= 15 is 0 Å². The minimum Gasteiger partial charge on any atom is -0.378 e. The Morgan fingerprint density at radius 1 is 1.11 bits per heavy atom. The van der Waals surface area contributed by atoms with Gasteiger partial charge in [-0.05, 0) is 11.6 Å². The summed E-state index contributed by atoms with van der Waals surface area (Å²) in [5.41, 5.74) is 2.40. The highest BCUT2D eigenvalue weighted by Gasteiger charge is 2.38. The number of benzene rings is 1. The number of fused-ring (bicyclic) bond motifs is 2. The van der Waals surface area contributed by atoms with Crippen LogP contribution in [0.15, 0.2) is 54.9 Å². The topological polar surface area (TPSA) is 63.0 Å². The Hall–Kier alpha value is -2.77. The molecule has 27 heavy (non-hydrogen) atoms. The van der Waals surface area contributed by atoms with E-state index in [1.165, 1.54) is 5.56 Å². The summed E-state index contributed by atoms with van der Waals surface area (Å²) in [5.74, 6) is -0.0398. The Balaban J connectivity index is 1.34. The van der Waals surface area contributed by atoms with E-state index in [1.807, 2.05) is 11.0 Å². The average Bonchev–Trinajstić information content (AvgIpc) is 3.17. The predicted octanol–water partition coefficient (Wildman–Crippen LogP) is 1.63. The van der Waals surface area contributed by atoms with Crippen molar-refractivity contribution in [3.8, 4) is 0 Å². The number of piperazine rings is 1. The van der Waals surface area contributed by atoms with Gasteiger partial charge in [0.15, 0.2) is 11.3 Å². The molecule has 4 heterocycles. The van der Waals surface area contributed by atoms with E-state index in [0.717, 1.165) is 6.54 Å². The van der Waals surface area contributed by atoms with Crippen molar-refractivity contribution in [2.75, 3.05) is 32.8 Å². The van der Waals surface area contributed by atoms with Crippen molar-refractivity contribution in [3.05, 3.63) is 66.1 Å². The number of hydrogen-bond acceptors (Lipinski definition) is 5. The van der Waals surface area contributed by atoms with E-state index in [1.54, 1.807) is 29.0 Å². The molecule has 1 amide bonds. The van der Waals surface area contributed by atoms with E-state index in [4.69, 9.17) is 4.74 Å². The first-order valence-corrected chi connectivity index (χ1v) is 9.28. The van der Waals surface area contributed by atoms with E-state index in [9.17, 15) is 4.79 Å². The van der Waals surface area contributed by atoms with Crippen LogP contribution >= 0.6 is 0 Å². The third-order valence-corrected chi connectivity index (χ3v) is 5.44. The van der Waals surface area contributed by atoms with Crippen molar-refractivity contribution in [2.45, 2.75) is 12.1 Å². The van der Waals surface area contributed by atoms with Gasteiger partial charge in [-0.3, -0.25) is 9.69 Å². The van der Waals surface area contributed by atoms with Crippen LogP contribution in [0.5, 0.6) is 0 Å². The van der Waals surface area contributed by atoms with Crippen LogP contribution in [0.4, 0.5) is 0 Å². The fraction of sp³-hybridized carbons (Fsp3) is 0.350. The Morgan fingerprint density at radius 2 is 2.00 bits per heavy atom. The number of carbonyl (C=O) groups is 1. The second-order valence-corrected chi connectivity index (χ2v) is 7.06. The summed E-state index contributed by atoms with van der Waals surface area (Å²) in [5, 5.41) is 4.37. The van der Waals surface area contributed by atoms with Crippen molar-refractivity contribution in [3.63, 3.8) is 0 Å². The predicted molar refractivity (Wildman–Crippen MR) is 99.4 cm³/mol. The third-order valence-electron chi connectivity index (χ3n) is 5.44. The molecule has 2 aliphatic heterocycles. The number of nitrogens with zero attached hydrogens (tertiary/aromatic N) is 5. The highest BCUT2D eigenvalue weighted by Crippen LogP contribution is 2.29. The van der Waals surface area contributed by atoms with Crippen LogP contribution in [0.1, 0.15) is 22.1 Å². The number of ether oxygens (including phenoxy) is 1. The monoisotopic (exact) mass is 363 g/mol. The molecule has 138 valence electrons. The lowest BCUT2D eigenvalue weighted by molar-refractivity contribution is -0.0770. The van der Waals surface area contributed by atoms with Gasteiger partial charge < -0.3 is 9.64 Å². The number of rotatable bonds is 2. The van der Waals surface area contributed by atoms with Crippen molar-refractivity contribution >= 4 is 11.6 Å². The Labute approximate surface area is 157 Å². The fourth-order valence-electron chi connectivity index (χ4n) is 4.08. The zero-order chi connectivity index (χ0) is 18.2. The maximum atomic E-state index is 13.0. The number of morpholine rings is 1. The molecule has 5 rings (SSSR count). The normalized spacial score (nSPS) is 23.3. The molecule has 0 N–H and O–H groups in total. The summed E-state index contributed by atoms with van der Waals surface area (Å²) < 4.78 is 7.52. The van der Waals surface area contributed by atoms with Crippen LogP contribution in [-0.2, 0) is 4.74 Å². The molecule has 0 aliphatic carbocycles. The zero-order valence-electron chi connectivity index (χ0n) is 14.9. The van der Waals surface area contributed by atoms with Gasteiger partial charge in [-0.2, -0.15) is 5.10 Å². The van der Waals surface area contributed by atoms with Gasteiger partial charge in [0.1, 0.15) is 0 Å². The Morgan fingerprint density at radius 3 is 2.85 bits per heavy atom. The molecule has 2 saturated heterocycles. The molecule has 1 aromatic carbocycles. The van der Waals surface area contributed by atoms with Crippen molar-refractivity contribution < 1.29 is 9.53 Å². The fourth-order valence-corrected chi connectivity index (χ4v) is 4.08. The number of aromatic nitrogens is 3. The second-order valence-electron chi connectivity index (χ2n) is 7.06. The molecule has 2 aliphatic rings. The first-order chi connectivity index (χ1) is 13.3. The first kappa shape index (κ1) is 16.4. The molecule has 0 radical (unpaired) electrons. The summed E-state index contributed by atoms with van der Waals surface area (Å²) in [6.45, 7) is 3.54. The first-order valence-electron chi connectivity index (χ1n) is 9.28. The zero-order valence-corrected chi connectivity index (χ0v) is 14.9. The lowest BCUT2D eigenvalue weighted by Gasteiger charge is -2.48. The highest BCUT2D eigenvalue weighted by molar-refractivity contribution is 5.93. The van der Waals surface area contributed by atoms with Crippen molar-refractivity contribution in [2.24, 2.45) is 0 Å². The van der Waals surface area contributed by atoms with Gasteiger partial charge in [0, 0.05) is 38.1 Å². The standard InChI is InChI=1S/C20H21N5O2/c26-20(17-11-19-21-7-4-8-25(19)22-17)23-9-10-24-16(12-23)13-27-14-18(24)15-5-2-1-3-6-15/h1-8,11,16,18H,9-10,12-14H2/t16-,18-/m1/s1. The number of hydrogen-bond donors (Lipinski definition) is 0. The van der Waals surface area contributed by atoms with Crippen LogP contribution in [0.2, 0.25) is 0 Å². The molecule has 7 nitrogen and oxygen atoms in total. The Kier molecular flexibility index (Phi) is 4.10. The molecule has 0 unspecified atom stereocenters. The van der Waals surface area contributed by atoms with Crippen molar-refractivity contribution in [1.29, 1.82) is 0 Å².